The summed E-state index contributed by atoms with van der Waals surface area (Å²) in [4.78, 5) is 0. The Kier molecular flexibility index (Phi) is 5.03. The van der Waals surface area contributed by atoms with Gasteiger partial charge in [-0.3, -0.25) is 0 Å². The highest BCUT2D eigenvalue weighted by Gasteiger charge is 1.95. The Morgan fingerprint density at radius 2 is 0.760 bits per heavy atom. The second kappa shape index (κ2) is 7.57. The highest BCUT2D eigenvalue weighted by molar-refractivity contribution is 5.51. The van der Waals surface area contributed by atoms with Crippen LogP contribution in [0.1, 0.15) is 38.9 Å². The third-order valence-corrected chi connectivity index (χ3v) is 3.88. The SMILES string of the molecule is Cc1ccc(C#Cc2cc(C)cc(C#Cc3ccc(C)cc3)c2)cc1. The summed E-state index contributed by atoms with van der Waals surface area (Å²) in [7, 11) is 0. The summed E-state index contributed by atoms with van der Waals surface area (Å²) in [5, 5.41) is 0. The van der Waals surface area contributed by atoms with Gasteiger partial charge in [-0.05, 0) is 68.8 Å². The standard InChI is InChI=1S/C25H20/c1-19-4-8-22(9-5-19)12-14-24-16-21(3)17-25(18-24)15-13-23-10-6-20(2)7-11-23/h4-11,16-18H,1-3H3. The average molecular weight is 320 g/mol. The molecule has 0 aliphatic carbocycles. The number of rotatable bonds is 0. The smallest absolute Gasteiger partial charge is 0.0264 e. The van der Waals surface area contributed by atoms with E-state index in [0.717, 1.165) is 22.3 Å². The van der Waals surface area contributed by atoms with Gasteiger partial charge in [-0.2, -0.15) is 0 Å². The van der Waals surface area contributed by atoms with E-state index >= 15 is 0 Å². The Labute approximate surface area is 150 Å². The first kappa shape index (κ1) is 16.6. The molecule has 0 heterocycles. The molecular formula is C25H20. The van der Waals surface area contributed by atoms with Crippen LogP contribution < -0.4 is 0 Å². The second-order valence-corrected chi connectivity index (χ2v) is 6.32. The van der Waals surface area contributed by atoms with Crippen LogP contribution in [-0.2, 0) is 0 Å². The minimum Gasteiger partial charge on any atom is -0.0617 e. The van der Waals surface area contributed by atoms with E-state index in [2.05, 4.69) is 111 Å². The zero-order chi connectivity index (χ0) is 17.6. The van der Waals surface area contributed by atoms with Crippen LogP contribution in [0.4, 0.5) is 0 Å². The lowest BCUT2D eigenvalue weighted by Gasteiger charge is -1.98. The molecule has 0 bridgehead atoms. The van der Waals surface area contributed by atoms with Crippen LogP contribution in [-0.4, -0.2) is 0 Å². The third kappa shape index (κ3) is 4.87. The molecule has 0 fully saturated rings. The van der Waals surface area contributed by atoms with E-state index in [-0.39, 0.29) is 0 Å². The Morgan fingerprint density at radius 3 is 1.16 bits per heavy atom. The monoisotopic (exact) mass is 320 g/mol. The summed E-state index contributed by atoms with van der Waals surface area (Å²) in [6.45, 7) is 6.24. The van der Waals surface area contributed by atoms with Gasteiger partial charge < -0.3 is 0 Å². The van der Waals surface area contributed by atoms with Crippen LogP contribution in [0.2, 0.25) is 0 Å². The maximum absolute atomic E-state index is 3.25. The van der Waals surface area contributed by atoms with Crippen molar-refractivity contribution in [2.24, 2.45) is 0 Å². The Balaban J connectivity index is 1.86. The molecule has 0 spiro atoms. The summed E-state index contributed by atoms with van der Waals surface area (Å²) < 4.78 is 0. The largest absolute Gasteiger partial charge is 0.0617 e. The Bertz CT molecular complexity index is 914. The van der Waals surface area contributed by atoms with Crippen molar-refractivity contribution in [3.8, 4) is 23.7 Å². The average Bonchev–Trinajstić information content (AvgIpc) is 2.60. The maximum Gasteiger partial charge on any atom is 0.0264 e. The van der Waals surface area contributed by atoms with Crippen LogP contribution in [0, 0.1) is 44.5 Å². The van der Waals surface area contributed by atoms with Gasteiger partial charge in [0.1, 0.15) is 0 Å². The van der Waals surface area contributed by atoms with Gasteiger partial charge in [0, 0.05) is 22.3 Å². The van der Waals surface area contributed by atoms with E-state index < -0.39 is 0 Å². The van der Waals surface area contributed by atoms with Crippen LogP contribution >= 0.6 is 0 Å². The summed E-state index contributed by atoms with van der Waals surface area (Å²) in [6.07, 6.45) is 0. The van der Waals surface area contributed by atoms with Crippen molar-refractivity contribution in [1.82, 2.24) is 0 Å². The summed E-state index contributed by atoms with van der Waals surface area (Å²) >= 11 is 0. The molecule has 0 N–H and O–H groups in total. The van der Waals surface area contributed by atoms with E-state index in [1.807, 2.05) is 0 Å². The van der Waals surface area contributed by atoms with Gasteiger partial charge in [-0.25, -0.2) is 0 Å². The second-order valence-electron chi connectivity index (χ2n) is 6.32. The number of benzene rings is 3. The fourth-order valence-electron chi connectivity index (χ4n) is 2.49. The molecule has 0 saturated heterocycles. The molecule has 0 amide bonds. The Morgan fingerprint density at radius 1 is 0.400 bits per heavy atom. The molecule has 0 nitrogen and oxygen atoms in total. The van der Waals surface area contributed by atoms with Crippen molar-refractivity contribution in [3.05, 3.63) is 106 Å². The summed E-state index contributed by atoms with van der Waals surface area (Å²) in [6, 6.07) is 22.8. The van der Waals surface area contributed by atoms with Gasteiger partial charge in [0.15, 0.2) is 0 Å². The van der Waals surface area contributed by atoms with Crippen LogP contribution in [0.15, 0.2) is 66.7 Å². The van der Waals surface area contributed by atoms with E-state index in [4.69, 9.17) is 0 Å². The third-order valence-electron chi connectivity index (χ3n) is 3.88. The predicted octanol–water partition coefficient (Wildman–Crippen LogP) is 5.41. The van der Waals surface area contributed by atoms with Crippen LogP contribution in [0.25, 0.3) is 0 Å². The fraction of sp³-hybridized carbons (Fsp3) is 0.120. The van der Waals surface area contributed by atoms with Gasteiger partial charge in [-0.15, -0.1) is 0 Å². The summed E-state index contributed by atoms with van der Waals surface area (Å²) in [5.74, 6) is 12.9. The van der Waals surface area contributed by atoms with E-state index in [0.29, 0.717) is 0 Å². The first-order chi connectivity index (χ1) is 12.1. The number of hydrogen-bond acceptors (Lipinski definition) is 0. The summed E-state index contributed by atoms with van der Waals surface area (Å²) in [5.41, 5.74) is 7.70. The highest BCUT2D eigenvalue weighted by Crippen LogP contribution is 2.09. The molecule has 3 rings (SSSR count). The lowest BCUT2D eigenvalue weighted by Crippen LogP contribution is -1.84. The van der Waals surface area contributed by atoms with Crippen molar-refractivity contribution in [2.45, 2.75) is 20.8 Å². The molecule has 0 saturated carbocycles. The first-order valence-electron chi connectivity index (χ1n) is 8.37. The minimum absolute atomic E-state index is 0.994. The van der Waals surface area contributed by atoms with Crippen molar-refractivity contribution in [3.63, 3.8) is 0 Å². The van der Waals surface area contributed by atoms with Gasteiger partial charge in [-0.1, -0.05) is 59.1 Å². The predicted molar refractivity (Wildman–Crippen MR) is 105 cm³/mol. The van der Waals surface area contributed by atoms with Crippen molar-refractivity contribution in [2.75, 3.05) is 0 Å². The topological polar surface area (TPSA) is 0 Å². The molecule has 0 radical (unpaired) electrons. The van der Waals surface area contributed by atoms with Crippen molar-refractivity contribution in [1.29, 1.82) is 0 Å². The maximum atomic E-state index is 3.25. The zero-order valence-electron chi connectivity index (χ0n) is 14.9. The van der Waals surface area contributed by atoms with Gasteiger partial charge >= 0.3 is 0 Å². The lowest BCUT2D eigenvalue weighted by molar-refractivity contribution is 1.43. The lowest BCUT2D eigenvalue weighted by atomic mass is 10.1. The van der Waals surface area contributed by atoms with Gasteiger partial charge in [0.2, 0.25) is 0 Å². The minimum atomic E-state index is 0.994. The van der Waals surface area contributed by atoms with Crippen molar-refractivity contribution < 1.29 is 0 Å². The molecule has 0 heteroatoms. The molecule has 0 aliphatic rings. The zero-order valence-corrected chi connectivity index (χ0v) is 14.9. The first-order valence-corrected chi connectivity index (χ1v) is 8.37. The molecule has 0 aliphatic heterocycles. The normalized spacial score (nSPS) is 9.56. The number of aryl methyl sites for hydroxylation is 3. The molecule has 0 unspecified atom stereocenters. The molecule has 0 aromatic heterocycles. The molecule has 0 atom stereocenters. The van der Waals surface area contributed by atoms with Gasteiger partial charge in [0.05, 0.1) is 0 Å². The molecular weight excluding hydrogens is 300 g/mol. The molecule has 3 aromatic rings. The number of hydrogen-bond donors (Lipinski definition) is 0. The molecule has 3 aromatic carbocycles. The van der Waals surface area contributed by atoms with Crippen LogP contribution in [0.3, 0.4) is 0 Å². The van der Waals surface area contributed by atoms with E-state index in [1.54, 1.807) is 0 Å². The molecule has 120 valence electrons. The van der Waals surface area contributed by atoms with E-state index in [9.17, 15) is 0 Å². The fourth-order valence-corrected chi connectivity index (χ4v) is 2.49. The van der Waals surface area contributed by atoms with Crippen molar-refractivity contribution >= 4 is 0 Å². The van der Waals surface area contributed by atoms with Gasteiger partial charge in [0.25, 0.3) is 0 Å². The molecule has 25 heavy (non-hydrogen) atoms. The Hall–Kier alpha value is -3.22. The van der Waals surface area contributed by atoms with Crippen LogP contribution in [0.5, 0.6) is 0 Å². The quantitative estimate of drug-likeness (QED) is 0.486. The van der Waals surface area contributed by atoms with E-state index in [1.165, 1.54) is 16.7 Å². The highest BCUT2D eigenvalue weighted by atomic mass is 14.0.